The van der Waals surface area contributed by atoms with E-state index in [2.05, 4.69) is 22.2 Å². The number of nitrogens with zero attached hydrogens (tertiary/aromatic N) is 4. The summed E-state index contributed by atoms with van der Waals surface area (Å²) in [7, 11) is 1.80. The van der Waals surface area contributed by atoms with E-state index in [0.717, 1.165) is 17.1 Å². The maximum atomic E-state index is 13.0. The second-order valence-electron chi connectivity index (χ2n) is 5.68. The summed E-state index contributed by atoms with van der Waals surface area (Å²) in [6.45, 7) is 3.06. The first-order valence-corrected chi connectivity index (χ1v) is 8.73. The molecule has 2 aromatic heterocycles. The molecule has 0 fully saturated rings. The van der Waals surface area contributed by atoms with Gasteiger partial charge in [0.25, 0.3) is 5.91 Å². The molecular formula is C18H20N4OS. The quantitative estimate of drug-likeness (QED) is 0.693. The molecule has 5 nitrogen and oxygen atoms in total. The number of carbonyl (C=O) groups excluding carboxylic acids is 1. The first kappa shape index (κ1) is 16.4. The van der Waals surface area contributed by atoms with Crippen LogP contribution in [0.2, 0.25) is 0 Å². The van der Waals surface area contributed by atoms with E-state index in [4.69, 9.17) is 0 Å². The summed E-state index contributed by atoms with van der Waals surface area (Å²) in [5.74, 6) is -0.00997. The van der Waals surface area contributed by atoms with E-state index in [1.165, 1.54) is 5.56 Å². The number of aryl methyl sites for hydroxylation is 2. The molecule has 0 saturated carbocycles. The van der Waals surface area contributed by atoms with Crippen molar-refractivity contribution in [2.24, 2.45) is 7.05 Å². The zero-order chi connectivity index (χ0) is 16.9. The summed E-state index contributed by atoms with van der Waals surface area (Å²) in [6.07, 6.45) is 2.59. The van der Waals surface area contributed by atoms with Crippen molar-refractivity contribution in [2.75, 3.05) is 6.54 Å². The SMILES string of the molecule is Cc1cc(C(=O)N(CCc2ccccc2)Cc2nccs2)n(C)n1. The molecule has 0 unspecified atom stereocenters. The number of amides is 1. The van der Waals surface area contributed by atoms with Crippen LogP contribution in [-0.4, -0.2) is 32.1 Å². The standard InChI is InChI=1S/C18H20N4OS/c1-14-12-16(21(2)20-14)18(23)22(13-17-19-9-11-24-17)10-8-15-6-4-3-5-7-15/h3-7,9,11-12H,8,10,13H2,1-2H3. The monoisotopic (exact) mass is 340 g/mol. The second-order valence-corrected chi connectivity index (χ2v) is 6.66. The van der Waals surface area contributed by atoms with Gasteiger partial charge in [-0.1, -0.05) is 30.3 Å². The molecule has 0 saturated heterocycles. The third-order valence-corrected chi connectivity index (χ3v) is 4.60. The molecule has 3 aromatic rings. The van der Waals surface area contributed by atoms with Crippen LogP contribution in [0.1, 0.15) is 26.8 Å². The van der Waals surface area contributed by atoms with Gasteiger partial charge in [0.05, 0.1) is 12.2 Å². The zero-order valence-electron chi connectivity index (χ0n) is 13.8. The summed E-state index contributed by atoms with van der Waals surface area (Å²) < 4.78 is 1.65. The highest BCUT2D eigenvalue weighted by molar-refractivity contribution is 7.09. The zero-order valence-corrected chi connectivity index (χ0v) is 14.7. The van der Waals surface area contributed by atoms with Gasteiger partial charge in [-0.3, -0.25) is 9.48 Å². The molecule has 0 bridgehead atoms. The molecule has 0 atom stereocenters. The van der Waals surface area contributed by atoms with Crippen molar-refractivity contribution >= 4 is 17.2 Å². The highest BCUT2D eigenvalue weighted by Crippen LogP contribution is 2.14. The molecule has 2 heterocycles. The Balaban J connectivity index is 1.78. The van der Waals surface area contributed by atoms with Gasteiger partial charge in [-0.25, -0.2) is 4.98 Å². The first-order chi connectivity index (χ1) is 11.6. The molecule has 1 aromatic carbocycles. The molecular weight excluding hydrogens is 320 g/mol. The molecule has 0 aliphatic carbocycles. The number of thiazole rings is 1. The van der Waals surface area contributed by atoms with E-state index in [9.17, 15) is 4.79 Å². The smallest absolute Gasteiger partial charge is 0.272 e. The summed E-state index contributed by atoms with van der Waals surface area (Å²) in [4.78, 5) is 19.1. The molecule has 0 spiro atoms. The second kappa shape index (κ2) is 7.40. The van der Waals surface area contributed by atoms with Crippen LogP contribution < -0.4 is 0 Å². The maximum absolute atomic E-state index is 13.0. The van der Waals surface area contributed by atoms with Crippen molar-refractivity contribution in [3.8, 4) is 0 Å². The number of benzene rings is 1. The molecule has 124 valence electrons. The van der Waals surface area contributed by atoms with Crippen LogP contribution in [0.5, 0.6) is 0 Å². The van der Waals surface area contributed by atoms with Crippen LogP contribution in [0.25, 0.3) is 0 Å². The average Bonchev–Trinajstić information content (AvgIpc) is 3.21. The van der Waals surface area contributed by atoms with Crippen LogP contribution in [0.15, 0.2) is 48.0 Å². The lowest BCUT2D eigenvalue weighted by Gasteiger charge is -2.21. The lowest BCUT2D eigenvalue weighted by molar-refractivity contribution is 0.0734. The number of hydrogen-bond acceptors (Lipinski definition) is 4. The van der Waals surface area contributed by atoms with Crippen molar-refractivity contribution in [3.05, 3.63) is 69.9 Å². The molecule has 6 heteroatoms. The lowest BCUT2D eigenvalue weighted by Crippen LogP contribution is -2.33. The van der Waals surface area contributed by atoms with Gasteiger partial charge >= 0.3 is 0 Å². The predicted molar refractivity (Wildman–Crippen MR) is 94.9 cm³/mol. The molecule has 1 amide bonds. The Bertz CT molecular complexity index is 796. The van der Waals surface area contributed by atoms with Crippen LogP contribution in [-0.2, 0) is 20.0 Å². The summed E-state index contributed by atoms with van der Waals surface area (Å²) in [5, 5.41) is 7.16. The fourth-order valence-corrected chi connectivity index (χ4v) is 3.26. The summed E-state index contributed by atoms with van der Waals surface area (Å²) in [6, 6.07) is 12.0. The van der Waals surface area contributed by atoms with Crippen molar-refractivity contribution in [1.29, 1.82) is 0 Å². The van der Waals surface area contributed by atoms with Gasteiger partial charge in [0.2, 0.25) is 0 Å². The Kier molecular flexibility index (Phi) is 5.05. The largest absolute Gasteiger partial charge is 0.330 e. The number of carbonyl (C=O) groups is 1. The molecule has 0 radical (unpaired) electrons. The Hall–Kier alpha value is -2.47. The van der Waals surface area contributed by atoms with E-state index in [-0.39, 0.29) is 5.91 Å². The van der Waals surface area contributed by atoms with Crippen LogP contribution in [0, 0.1) is 6.92 Å². The minimum Gasteiger partial charge on any atom is -0.330 e. The number of aromatic nitrogens is 3. The van der Waals surface area contributed by atoms with Crippen LogP contribution in [0.3, 0.4) is 0 Å². The fraction of sp³-hybridized carbons (Fsp3) is 0.278. The van der Waals surface area contributed by atoms with Crippen molar-refractivity contribution in [3.63, 3.8) is 0 Å². The fourth-order valence-electron chi connectivity index (χ4n) is 2.63. The van der Waals surface area contributed by atoms with E-state index < -0.39 is 0 Å². The van der Waals surface area contributed by atoms with Gasteiger partial charge in [-0.15, -0.1) is 11.3 Å². The molecule has 3 rings (SSSR count). The minimum absolute atomic E-state index is 0.00997. The van der Waals surface area contributed by atoms with E-state index in [1.54, 1.807) is 29.3 Å². The van der Waals surface area contributed by atoms with Gasteiger partial charge < -0.3 is 4.90 Å². The lowest BCUT2D eigenvalue weighted by atomic mass is 10.1. The minimum atomic E-state index is -0.00997. The molecule has 0 aliphatic rings. The van der Waals surface area contributed by atoms with Crippen LogP contribution in [0.4, 0.5) is 0 Å². The molecule has 24 heavy (non-hydrogen) atoms. The van der Waals surface area contributed by atoms with Crippen molar-refractivity contribution < 1.29 is 4.79 Å². The van der Waals surface area contributed by atoms with E-state index >= 15 is 0 Å². The Labute approximate surface area is 145 Å². The first-order valence-electron chi connectivity index (χ1n) is 7.85. The normalized spacial score (nSPS) is 10.8. The Morgan fingerprint density at radius 2 is 2.08 bits per heavy atom. The van der Waals surface area contributed by atoms with Crippen LogP contribution >= 0.6 is 11.3 Å². The maximum Gasteiger partial charge on any atom is 0.272 e. The van der Waals surface area contributed by atoms with E-state index in [0.29, 0.717) is 18.8 Å². The highest BCUT2D eigenvalue weighted by Gasteiger charge is 2.20. The Morgan fingerprint density at radius 1 is 1.29 bits per heavy atom. The van der Waals surface area contributed by atoms with Gasteiger partial charge in [-0.05, 0) is 25.0 Å². The van der Waals surface area contributed by atoms with Crippen molar-refractivity contribution in [2.45, 2.75) is 19.9 Å². The topological polar surface area (TPSA) is 51.0 Å². The Morgan fingerprint density at radius 3 is 2.71 bits per heavy atom. The molecule has 0 aliphatic heterocycles. The average molecular weight is 340 g/mol. The van der Waals surface area contributed by atoms with Crippen molar-refractivity contribution in [1.82, 2.24) is 19.7 Å². The van der Waals surface area contributed by atoms with Gasteiger partial charge in [0, 0.05) is 25.2 Å². The predicted octanol–water partition coefficient (Wildman–Crippen LogP) is 3.07. The summed E-state index contributed by atoms with van der Waals surface area (Å²) >= 11 is 1.57. The van der Waals surface area contributed by atoms with Gasteiger partial charge in [0.15, 0.2) is 0 Å². The number of rotatable bonds is 6. The third-order valence-electron chi connectivity index (χ3n) is 3.83. The summed E-state index contributed by atoms with van der Waals surface area (Å²) in [5.41, 5.74) is 2.67. The highest BCUT2D eigenvalue weighted by atomic mass is 32.1. The number of hydrogen-bond donors (Lipinski definition) is 0. The third kappa shape index (κ3) is 3.89. The van der Waals surface area contributed by atoms with Gasteiger partial charge in [-0.2, -0.15) is 5.10 Å². The van der Waals surface area contributed by atoms with Gasteiger partial charge in [0.1, 0.15) is 10.7 Å². The van der Waals surface area contributed by atoms with E-state index in [1.807, 2.05) is 41.5 Å². The molecule has 0 N–H and O–H groups in total.